The Bertz CT molecular complexity index is 512. The van der Waals surface area contributed by atoms with Gasteiger partial charge in [0.2, 0.25) is 0 Å². The zero-order valence-corrected chi connectivity index (χ0v) is 17.6. The van der Waals surface area contributed by atoms with Crippen LogP contribution in [0.3, 0.4) is 0 Å². The molecule has 0 saturated heterocycles. The molecule has 2 heteroatoms. The summed E-state index contributed by atoms with van der Waals surface area (Å²) in [5, 5.41) is 2.92. The highest BCUT2D eigenvalue weighted by Gasteiger charge is 2.02. The molecule has 1 aromatic heterocycles. The molecule has 0 bridgehead atoms. The Balaban J connectivity index is 0.000000435. The molecule has 0 saturated carbocycles. The monoisotopic (exact) mass is 351 g/mol. The smallest absolute Gasteiger partial charge is 0.0267 e. The van der Waals surface area contributed by atoms with Gasteiger partial charge in [0.15, 0.2) is 0 Å². The molecule has 1 radical (unpaired) electrons. The summed E-state index contributed by atoms with van der Waals surface area (Å²) in [7, 11) is 0. The molecule has 1 nitrogen and oxygen atoms in total. The number of rotatable bonds is 8. The summed E-state index contributed by atoms with van der Waals surface area (Å²) >= 11 is -0.656. The summed E-state index contributed by atoms with van der Waals surface area (Å²) in [5.74, 6) is 1.71. The summed E-state index contributed by atoms with van der Waals surface area (Å²) in [4.78, 5) is 6.38. The molecule has 2 rings (SSSR count). The molecular weight excluding hydrogens is 317 g/mol. The first-order valence-corrected chi connectivity index (χ1v) is 11.9. The van der Waals surface area contributed by atoms with Crippen molar-refractivity contribution < 1.29 is 0 Å². The predicted octanol–water partition coefficient (Wildman–Crippen LogP) is 6.60. The average Bonchev–Trinajstić information content (AvgIpc) is 2.60. The zero-order valence-electron chi connectivity index (χ0n) is 16.4. The Kier molecular flexibility index (Phi) is 12.0. The van der Waals surface area contributed by atoms with Gasteiger partial charge in [-0.25, -0.2) is 10.6 Å². The van der Waals surface area contributed by atoms with Gasteiger partial charge in [-0.2, -0.15) is 0 Å². The number of benzene rings is 1. The molecule has 135 valence electrons. The molecule has 1 heterocycles. The number of hydrogen-bond donors (Lipinski definition) is 0. The van der Waals surface area contributed by atoms with Crippen LogP contribution in [0.4, 0.5) is 0 Å². The fraction of sp³-hybridized carbons (Fsp3) is 0.435. The van der Waals surface area contributed by atoms with Crippen LogP contribution in [0.25, 0.3) is 0 Å². The van der Waals surface area contributed by atoms with Gasteiger partial charge in [-0.1, -0.05) is 75.9 Å². The van der Waals surface area contributed by atoms with Gasteiger partial charge in [-0.15, -0.1) is 6.08 Å². The van der Waals surface area contributed by atoms with E-state index in [0.29, 0.717) is 0 Å². The molecular formula is C23H34AlN-. The number of pyridine rings is 1. The van der Waals surface area contributed by atoms with E-state index >= 15 is 0 Å². The van der Waals surface area contributed by atoms with Gasteiger partial charge >= 0.3 is 0 Å². The van der Waals surface area contributed by atoms with Crippen molar-refractivity contribution in [3.8, 4) is 0 Å². The molecule has 1 aromatic carbocycles. The van der Waals surface area contributed by atoms with Gasteiger partial charge in [0, 0.05) is 12.4 Å². The Labute approximate surface area is 159 Å². The largest absolute Gasteiger partial charge is 0.306 e. The Morgan fingerprint density at radius 1 is 0.840 bits per heavy atom. The van der Waals surface area contributed by atoms with Crippen molar-refractivity contribution in [2.24, 2.45) is 11.8 Å². The van der Waals surface area contributed by atoms with Crippen molar-refractivity contribution in [2.75, 3.05) is 0 Å². The third kappa shape index (κ3) is 12.6. The third-order valence-electron chi connectivity index (χ3n) is 3.97. The lowest BCUT2D eigenvalue weighted by Gasteiger charge is -2.25. The second-order valence-electron chi connectivity index (χ2n) is 7.50. The SMILES string of the molecule is CC(C)[CH2][Al-](/[CH]=C/CCc1ccccc1)[CH2]C(C)C.c1ccncc1. The molecule has 2 aromatic rings. The van der Waals surface area contributed by atoms with Crippen molar-refractivity contribution in [2.45, 2.75) is 51.1 Å². The van der Waals surface area contributed by atoms with Gasteiger partial charge in [-0.05, 0) is 44.7 Å². The predicted molar refractivity (Wildman–Crippen MR) is 113 cm³/mol. The lowest BCUT2D eigenvalue weighted by molar-refractivity contribution is 0.694. The number of hydrogen-bond acceptors (Lipinski definition) is 1. The van der Waals surface area contributed by atoms with E-state index in [1.165, 1.54) is 29.0 Å². The molecule has 25 heavy (non-hydrogen) atoms. The normalized spacial score (nSPS) is 11.2. The fourth-order valence-electron chi connectivity index (χ4n) is 2.96. The highest BCUT2D eigenvalue weighted by atomic mass is 27.2. The minimum atomic E-state index is -0.656. The highest BCUT2D eigenvalue weighted by molar-refractivity contribution is 6.64. The molecule has 0 N–H and O–H groups in total. The molecule has 0 unspecified atom stereocenters. The van der Waals surface area contributed by atoms with Gasteiger partial charge < -0.3 is 4.94 Å². The summed E-state index contributed by atoms with van der Waals surface area (Å²) in [5.41, 5.74) is 1.46. The molecule has 0 fully saturated rings. The average molecular weight is 352 g/mol. The molecule has 0 aliphatic carbocycles. The zero-order chi connectivity index (χ0) is 18.3. The van der Waals surface area contributed by atoms with E-state index < -0.39 is 14.1 Å². The van der Waals surface area contributed by atoms with Crippen molar-refractivity contribution >= 4 is 14.1 Å². The van der Waals surface area contributed by atoms with Crippen LogP contribution in [0, 0.1) is 11.8 Å². The summed E-state index contributed by atoms with van der Waals surface area (Å²) in [6.45, 7) is 9.44. The molecule has 0 spiro atoms. The maximum absolute atomic E-state index is 3.78. The number of nitrogens with zero attached hydrogens (tertiary/aromatic N) is 1. The molecule has 0 amide bonds. The van der Waals surface area contributed by atoms with E-state index in [9.17, 15) is 0 Å². The summed E-state index contributed by atoms with van der Waals surface area (Å²) < 4.78 is 0. The Morgan fingerprint density at radius 3 is 1.84 bits per heavy atom. The van der Waals surface area contributed by atoms with E-state index in [1.807, 2.05) is 18.2 Å². The van der Waals surface area contributed by atoms with Crippen LogP contribution in [-0.2, 0) is 6.42 Å². The standard InChI is InChI=1S/C10H11.C5H5N.2C4H9.Al/c1-2-3-7-10-8-5-4-6-9-10;1-2-4-6-5-3-1;2*1-4(2)3;/h1-2,4-6,8-9H,3,7H2;1-5H;2*4H,1H2,2-3H3;/q;;;;-1. The fourth-order valence-corrected chi connectivity index (χ4v) is 6.47. The van der Waals surface area contributed by atoms with Crippen LogP contribution in [0.5, 0.6) is 0 Å². The van der Waals surface area contributed by atoms with E-state index in [1.54, 1.807) is 12.4 Å². The maximum Gasteiger partial charge on any atom is 0.0267 e. The lowest BCUT2D eigenvalue weighted by Crippen LogP contribution is -2.15. The minimum absolute atomic E-state index is 0.656. The van der Waals surface area contributed by atoms with Crippen molar-refractivity contribution in [3.05, 3.63) is 77.5 Å². The van der Waals surface area contributed by atoms with Gasteiger partial charge in [-0.3, -0.25) is 4.98 Å². The molecule has 0 aliphatic heterocycles. The van der Waals surface area contributed by atoms with Crippen LogP contribution in [-0.4, -0.2) is 19.1 Å². The first-order chi connectivity index (χ1) is 12.1. The topological polar surface area (TPSA) is 12.9 Å². The Morgan fingerprint density at radius 2 is 1.40 bits per heavy atom. The minimum Gasteiger partial charge on any atom is -0.306 e. The van der Waals surface area contributed by atoms with Crippen LogP contribution in [0.1, 0.15) is 39.7 Å². The molecule has 0 aliphatic rings. The van der Waals surface area contributed by atoms with Crippen LogP contribution < -0.4 is 0 Å². The summed E-state index contributed by atoms with van der Waals surface area (Å²) in [6, 6.07) is 16.5. The third-order valence-corrected chi connectivity index (χ3v) is 7.88. The molecule has 0 atom stereocenters. The lowest BCUT2D eigenvalue weighted by atomic mass is 10.1. The van der Waals surface area contributed by atoms with E-state index in [0.717, 1.165) is 11.8 Å². The summed E-state index contributed by atoms with van der Waals surface area (Å²) in [6.07, 6.45) is 8.33. The first-order valence-electron chi connectivity index (χ1n) is 9.63. The van der Waals surface area contributed by atoms with Gasteiger partial charge in [0.25, 0.3) is 0 Å². The van der Waals surface area contributed by atoms with E-state index in [-0.39, 0.29) is 0 Å². The van der Waals surface area contributed by atoms with Crippen LogP contribution in [0.2, 0.25) is 10.6 Å². The quantitative estimate of drug-likeness (QED) is 0.488. The van der Waals surface area contributed by atoms with Gasteiger partial charge in [0.05, 0.1) is 0 Å². The first kappa shape index (κ1) is 21.7. The second kappa shape index (κ2) is 13.9. The maximum atomic E-state index is 3.78. The van der Waals surface area contributed by atoms with Crippen molar-refractivity contribution in [3.63, 3.8) is 0 Å². The van der Waals surface area contributed by atoms with Crippen LogP contribution in [0.15, 0.2) is 71.9 Å². The number of allylic oxidation sites excluding steroid dienone is 1. The highest BCUT2D eigenvalue weighted by Crippen LogP contribution is 2.16. The van der Waals surface area contributed by atoms with Crippen molar-refractivity contribution in [1.82, 2.24) is 4.98 Å². The van der Waals surface area contributed by atoms with E-state index in [4.69, 9.17) is 0 Å². The number of aryl methyl sites for hydroxylation is 1. The van der Waals surface area contributed by atoms with Crippen molar-refractivity contribution in [1.29, 1.82) is 0 Å². The number of aromatic nitrogens is 1. The van der Waals surface area contributed by atoms with Crippen LogP contribution >= 0.6 is 0 Å². The second-order valence-corrected chi connectivity index (χ2v) is 10.3. The van der Waals surface area contributed by atoms with Gasteiger partial charge in [0.1, 0.15) is 0 Å². The van der Waals surface area contributed by atoms with E-state index in [2.05, 4.69) is 74.0 Å². The Hall–Kier alpha value is -1.36.